The molecule has 1 aromatic rings. The fraction of sp³-hybridized carbons (Fsp3) is 0.750. The van der Waals surface area contributed by atoms with Gasteiger partial charge in [0.25, 0.3) is 18.5 Å². The number of carbonyl (C=O) groups excluding carboxylic acids is 2. The summed E-state index contributed by atoms with van der Waals surface area (Å²) in [6, 6.07) is 0. The molecule has 0 aromatic carbocycles. The summed E-state index contributed by atoms with van der Waals surface area (Å²) in [6.45, 7) is 9.72. The standard InChI is InChI=1S/C24H35FN2O12/c1-12(34-10-28)15(32-7)17-20(38-23(3,4)36-17)26-9-14(25)19(30)27(22(26)31)21-18(37-24(5,6)39-21)16(33-8)13(2)35-11-29/h9-13,15-18,20-21H,1-8H3/t12-,13-,15-,16?,17+,18+,20-,21-/m0/s1. The Morgan fingerprint density at radius 2 is 1.28 bits per heavy atom. The van der Waals surface area contributed by atoms with Crippen molar-refractivity contribution in [2.45, 2.75) is 102 Å². The molecule has 0 amide bonds. The lowest BCUT2D eigenvalue weighted by atomic mass is 10.1. The second-order valence-corrected chi connectivity index (χ2v) is 10.1. The van der Waals surface area contributed by atoms with E-state index in [-0.39, 0.29) is 12.9 Å². The molecule has 3 rings (SSSR count). The van der Waals surface area contributed by atoms with Crippen molar-refractivity contribution in [3.05, 3.63) is 32.9 Å². The zero-order valence-electron chi connectivity index (χ0n) is 23.0. The maximum atomic E-state index is 15.2. The molecule has 0 bridgehead atoms. The highest BCUT2D eigenvalue weighted by Crippen LogP contribution is 2.39. The van der Waals surface area contributed by atoms with Gasteiger partial charge in [0.15, 0.2) is 24.0 Å². The Balaban J connectivity index is 2.16. The fourth-order valence-corrected chi connectivity index (χ4v) is 4.90. The molecule has 1 aromatic heterocycles. The predicted molar refractivity (Wildman–Crippen MR) is 128 cm³/mol. The molecule has 3 heterocycles. The summed E-state index contributed by atoms with van der Waals surface area (Å²) in [5.41, 5.74) is -2.31. The first kappa shape index (κ1) is 30.8. The van der Waals surface area contributed by atoms with Crippen LogP contribution < -0.4 is 11.2 Å². The number of halogens is 1. The summed E-state index contributed by atoms with van der Waals surface area (Å²) >= 11 is 0. The number of methoxy groups -OCH3 is 2. The number of hydrogen-bond donors (Lipinski definition) is 0. The van der Waals surface area contributed by atoms with Crippen LogP contribution in [0, 0.1) is 5.82 Å². The molecule has 1 unspecified atom stereocenters. The first-order valence-electron chi connectivity index (χ1n) is 12.2. The SMILES string of the molecule is COC([C@H](C)OC=O)[C@H]1OC(C)(C)O[C@@H]1n1c(=O)c(F)cn([C@H]2OC(C)(C)O[C@@H]2[C@@H](OC)[C@H](C)OC=O)c1=O. The number of rotatable bonds is 12. The van der Waals surface area contributed by atoms with Gasteiger partial charge in [-0.25, -0.2) is 9.36 Å². The van der Waals surface area contributed by atoms with Gasteiger partial charge >= 0.3 is 5.69 Å². The lowest BCUT2D eigenvalue weighted by molar-refractivity contribution is -0.172. The van der Waals surface area contributed by atoms with Gasteiger partial charge < -0.3 is 37.9 Å². The zero-order chi connectivity index (χ0) is 29.3. The summed E-state index contributed by atoms with van der Waals surface area (Å²) in [4.78, 5) is 48.8. The largest absolute Gasteiger partial charge is 0.462 e. The maximum Gasteiger partial charge on any atom is 0.335 e. The summed E-state index contributed by atoms with van der Waals surface area (Å²) < 4.78 is 61.2. The first-order chi connectivity index (χ1) is 18.2. The molecule has 15 heteroatoms. The van der Waals surface area contributed by atoms with Crippen molar-refractivity contribution in [3.63, 3.8) is 0 Å². The summed E-state index contributed by atoms with van der Waals surface area (Å²) in [5.74, 6) is -3.91. The second kappa shape index (κ2) is 11.8. The van der Waals surface area contributed by atoms with E-state index in [0.29, 0.717) is 10.8 Å². The molecular weight excluding hydrogens is 527 g/mol. The molecule has 0 saturated carbocycles. The second-order valence-electron chi connectivity index (χ2n) is 10.1. The Hall–Kier alpha value is -2.69. The number of aromatic nitrogens is 2. The Morgan fingerprint density at radius 3 is 1.72 bits per heavy atom. The van der Waals surface area contributed by atoms with Crippen LogP contribution in [0.3, 0.4) is 0 Å². The van der Waals surface area contributed by atoms with Crippen LogP contribution in [0.5, 0.6) is 0 Å². The molecule has 14 nitrogen and oxygen atoms in total. The Kier molecular flexibility index (Phi) is 9.35. The van der Waals surface area contributed by atoms with Crippen LogP contribution in [0.15, 0.2) is 15.8 Å². The minimum atomic E-state index is -1.49. The highest BCUT2D eigenvalue weighted by atomic mass is 19.1. The van der Waals surface area contributed by atoms with Crippen molar-refractivity contribution in [3.8, 4) is 0 Å². The molecule has 2 fully saturated rings. The van der Waals surface area contributed by atoms with Crippen LogP contribution in [-0.2, 0) is 47.5 Å². The summed E-state index contributed by atoms with van der Waals surface area (Å²) in [7, 11) is 2.66. The molecule has 39 heavy (non-hydrogen) atoms. The van der Waals surface area contributed by atoms with E-state index in [1.807, 2.05) is 0 Å². The predicted octanol–water partition coefficient (Wildman–Crippen LogP) is 0.602. The van der Waals surface area contributed by atoms with Crippen molar-refractivity contribution < 1.29 is 51.9 Å². The van der Waals surface area contributed by atoms with Gasteiger partial charge in [-0.2, -0.15) is 4.39 Å². The molecule has 220 valence electrons. The Morgan fingerprint density at radius 1 is 0.846 bits per heavy atom. The monoisotopic (exact) mass is 562 g/mol. The van der Waals surface area contributed by atoms with Crippen LogP contribution in [0.2, 0.25) is 0 Å². The van der Waals surface area contributed by atoms with E-state index >= 15 is 4.39 Å². The van der Waals surface area contributed by atoms with Crippen molar-refractivity contribution in [1.29, 1.82) is 0 Å². The molecular formula is C24H35FN2O12. The highest BCUT2D eigenvalue weighted by Gasteiger charge is 2.52. The molecule has 2 aliphatic rings. The third-order valence-electron chi connectivity index (χ3n) is 6.50. The average molecular weight is 563 g/mol. The van der Waals surface area contributed by atoms with Crippen molar-refractivity contribution in [2.75, 3.05) is 14.2 Å². The van der Waals surface area contributed by atoms with Gasteiger partial charge in [-0.3, -0.25) is 19.0 Å². The van der Waals surface area contributed by atoms with Gasteiger partial charge in [-0.1, -0.05) is 0 Å². The maximum absolute atomic E-state index is 15.2. The van der Waals surface area contributed by atoms with Gasteiger partial charge in [-0.05, 0) is 41.5 Å². The van der Waals surface area contributed by atoms with Crippen molar-refractivity contribution in [2.24, 2.45) is 0 Å². The summed E-state index contributed by atoms with van der Waals surface area (Å²) in [6.07, 6.45) is -8.07. The Bertz CT molecular complexity index is 1150. The lowest BCUT2D eigenvalue weighted by Crippen LogP contribution is -2.52. The van der Waals surface area contributed by atoms with E-state index in [0.717, 1.165) is 4.57 Å². The van der Waals surface area contributed by atoms with Crippen LogP contribution in [-0.4, -0.2) is 84.5 Å². The molecule has 0 aliphatic carbocycles. The highest BCUT2D eigenvalue weighted by molar-refractivity contribution is 5.37. The van der Waals surface area contributed by atoms with Gasteiger partial charge in [0.1, 0.15) is 36.6 Å². The Labute approximate surface area is 223 Å². The van der Waals surface area contributed by atoms with Crippen LogP contribution in [0.1, 0.15) is 54.0 Å². The normalized spacial score (nSPS) is 28.8. The first-order valence-corrected chi connectivity index (χ1v) is 12.2. The summed E-state index contributed by atoms with van der Waals surface area (Å²) in [5, 5.41) is 0. The van der Waals surface area contributed by atoms with Crippen LogP contribution in [0.4, 0.5) is 4.39 Å². The number of nitrogens with zero attached hydrogens (tertiary/aromatic N) is 2. The molecule has 2 saturated heterocycles. The minimum Gasteiger partial charge on any atom is -0.462 e. The molecule has 0 spiro atoms. The van der Waals surface area contributed by atoms with E-state index in [4.69, 9.17) is 37.9 Å². The number of carbonyl (C=O) groups is 2. The van der Waals surface area contributed by atoms with Crippen molar-refractivity contribution >= 4 is 12.9 Å². The topological polar surface area (TPSA) is 152 Å². The smallest absolute Gasteiger partial charge is 0.335 e. The van der Waals surface area contributed by atoms with Crippen LogP contribution >= 0.6 is 0 Å². The van der Waals surface area contributed by atoms with E-state index < -0.39 is 77.7 Å². The van der Waals surface area contributed by atoms with Gasteiger partial charge in [0.05, 0.1) is 6.20 Å². The molecule has 2 aliphatic heterocycles. The van der Waals surface area contributed by atoms with Gasteiger partial charge in [0, 0.05) is 14.2 Å². The molecule has 8 atom stereocenters. The number of ether oxygens (including phenoxy) is 8. The minimum absolute atomic E-state index is 0.217. The van der Waals surface area contributed by atoms with E-state index in [1.165, 1.54) is 35.0 Å². The lowest BCUT2D eigenvalue weighted by Gasteiger charge is -2.31. The third-order valence-corrected chi connectivity index (χ3v) is 6.50. The molecule has 0 N–H and O–H groups in total. The van der Waals surface area contributed by atoms with Crippen LogP contribution in [0.25, 0.3) is 0 Å². The van der Waals surface area contributed by atoms with Crippen molar-refractivity contribution in [1.82, 2.24) is 9.13 Å². The zero-order valence-corrected chi connectivity index (χ0v) is 23.0. The van der Waals surface area contributed by atoms with E-state index in [1.54, 1.807) is 20.8 Å². The molecule has 0 radical (unpaired) electrons. The van der Waals surface area contributed by atoms with Gasteiger partial charge in [0.2, 0.25) is 5.82 Å². The van der Waals surface area contributed by atoms with E-state index in [2.05, 4.69) is 0 Å². The number of hydrogen-bond acceptors (Lipinski definition) is 12. The third kappa shape index (κ3) is 6.23. The fourth-order valence-electron chi connectivity index (χ4n) is 4.90. The quantitative estimate of drug-likeness (QED) is 0.328. The van der Waals surface area contributed by atoms with Gasteiger partial charge in [-0.15, -0.1) is 0 Å². The average Bonchev–Trinajstić information content (AvgIpc) is 3.32. The van der Waals surface area contributed by atoms with E-state index in [9.17, 15) is 19.2 Å².